The van der Waals surface area contributed by atoms with E-state index in [1.54, 1.807) is 36.4 Å². The summed E-state index contributed by atoms with van der Waals surface area (Å²) in [4.78, 5) is 42.8. The van der Waals surface area contributed by atoms with Gasteiger partial charge in [0, 0.05) is 16.8 Å². The van der Waals surface area contributed by atoms with Crippen LogP contribution < -0.4 is 10.9 Å². The minimum absolute atomic E-state index is 0.0494. The molecule has 2 heterocycles. The van der Waals surface area contributed by atoms with E-state index in [9.17, 15) is 14.4 Å². The quantitative estimate of drug-likeness (QED) is 0.593. The number of fused-ring (bicyclic) bond motifs is 3. The van der Waals surface area contributed by atoms with Gasteiger partial charge in [0.05, 0.1) is 14.2 Å². The predicted octanol–water partition coefficient (Wildman–Crippen LogP) is 2.91. The number of nitrogens with one attached hydrogen (secondary N) is 1. The van der Waals surface area contributed by atoms with Gasteiger partial charge in [-0.1, -0.05) is 50.2 Å². The lowest BCUT2D eigenvalue weighted by molar-refractivity contribution is -0.157. The summed E-state index contributed by atoms with van der Waals surface area (Å²) in [5.41, 5.74) is 0.430. The monoisotopic (exact) mass is 448 g/mol. The molecule has 1 atom stereocenters. The summed E-state index contributed by atoms with van der Waals surface area (Å²) in [6.45, 7) is 4.15. The van der Waals surface area contributed by atoms with Crippen molar-refractivity contribution in [1.82, 2.24) is 14.8 Å². The Balaban J connectivity index is 1.99. The molecule has 0 amide bonds. The molecule has 33 heavy (non-hydrogen) atoms. The van der Waals surface area contributed by atoms with Crippen LogP contribution in [0.5, 0.6) is 0 Å². The van der Waals surface area contributed by atoms with E-state index in [0.29, 0.717) is 22.7 Å². The van der Waals surface area contributed by atoms with Crippen LogP contribution in [-0.2, 0) is 24.7 Å². The molecule has 0 radical (unpaired) electrons. The molecule has 4 rings (SSSR count). The summed E-state index contributed by atoms with van der Waals surface area (Å²) < 4.78 is 11.1. The fraction of sp³-hybridized carbons (Fsp3) is 0.292. The third kappa shape index (κ3) is 3.75. The van der Waals surface area contributed by atoms with E-state index in [1.807, 2.05) is 12.1 Å². The number of carbonyl (C=O) groups is 2. The standard InChI is InChI=1S/C24H24N4O5/c1-14(2)15-9-11-16(12-10-15)20-22(30)25-21-17-7-5-6-8-18(17)26-24(23(31)33-4,28(21)27-20)13-19(29)32-3/h5-12,14,26H,13H2,1-4H3/t24-/m0/s1. The average molecular weight is 448 g/mol. The van der Waals surface area contributed by atoms with Crippen molar-refractivity contribution < 1.29 is 19.1 Å². The van der Waals surface area contributed by atoms with Crippen molar-refractivity contribution in [3.05, 3.63) is 64.4 Å². The Kier molecular flexibility index (Phi) is 5.71. The molecule has 0 saturated carbocycles. The number of anilines is 1. The zero-order chi connectivity index (χ0) is 23.8. The summed E-state index contributed by atoms with van der Waals surface area (Å²) in [7, 11) is 2.44. The molecule has 0 saturated heterocycles. The average Bonchev–Trinajstić information content (AvgIpc) is 2.83. The highest BCUT2D eigenvalue weighted by Gasteiger charge is 2.50. The highest BCUT2D eigenvalue weighted by molar-refractivity contribution is 5.92. The maximum atomic E-state index is 13.1. The van der Waals surface area contributed by atoms with E-state index in [1.165, 1.54) is 18.9 Å². The van der Waals surface area contributed by atoms with Gasteiger partial charge in [0.2, 0.25) is 5.66 Å². The summed E-state index contributed by atoms with van der Waals surface area (Å²) in [5.74, 6) is -0.974. The van der Waals surface area contributed by atoms with Crippen molar-refractivity contribution in [2.75, 3.05) is 19.5 Å². The molecule has 170 valence electrons. The number of hydrogen-bond donors (Lipinski definition) is 1. The lowest BCUT2D eigenvalue weighted by atomic mass is 9.99. The van der Waals surface area contributed by atoms with E-state index in [0.717, 1.165) is 5.56 Å². The first-order valence-corrected chi connectivity index (χ1v) is 10.5. The van der Waals surface area contributed by atoms with Gasteiger partial charge in [0.1, 0.15) is 6.42 Å². The zero-order valence-corrected chi connectivity index (χ0v) is 18.8. The summed E-state index contributed by atoms with van der Waals surface area (Å²) in [6.07, 6.45) is -0.430. The van der Waals surface area contributed by atoms with Crippen molar-refractivity contribution in [2.24, 2.45) is 0 Å². The molecule has 0 fully saturated rings. The molecule has 3 aromatic rings. The molecule has 0 spiro atoms. The van der Waals surface area contributed by atoms with Gasteiger partial charge < -0.3 is 14.8 Å². The van der Waals surface area contributed by atoms with Crippen LogP contribution >= 0.6 is 0 Å². The van der Waals surface area contributed by atoms with E-state index in [-0.39, 0.29) is 11.5 Å². The van der Waals surface area contributed by atoms with Gasteiger partial charge in [-0.05, 0) is 23.6 Å². The van der Waals surface area contributed by atoms with Gasteiger partial charge in [0.25, 0.3) is 5.56 Å². The third-order valence-corrected chi connectivity index (χ3v) is 5.68. The SMILES string of the molecule is COC(=O)C[C@]1(C(=O)OC)Nc2ccccc2-c2nc(=O)c(-c3ccc(C(C)C)cc3)nn21. The lowest BCUT2D eigenvalue weighted by Gasteiger charge is -2.38. The minimum atomic E-state index is -1.79. The number of carbonyl (C=O) groups excluding carboxylic acids is 2. The highest BCUT2D eigenvalue weighted by atomic mass is 16.5. The summed E-state index contributed by atoms with van der Waals surface area (Å²) >= 11 is 0. The maximum Gasteiger partial charge on any atom is 0.355 e. The van der Waals surface area contributed by atoms with Crippen molar-refractivity contribution in [3.63, 3.8) is 0 Å². The second kappa shape index (κ2) is 8.50. The van der Waals surface area contributed by atoms with Crippen LogP contribution in [0.15, 0.2) is 53.3 Å². The normalized spacial score (nSPS) is 16.4. The first kappa shape index (κ1) is 22.2. The number of hydrogen-bond acceptors (Lipinski definition) is 8. The van der Waals surface area contributed by atoms with Crippen LogP contribution in [0.25, 0.3) is 22.6 Å². The fourth-order valence-corrected chi connectivity index (χ4v) is 3.88. The molecule has 0 bridgehead atoms. The van der Waals surface area contributed by atoms with Crippen molar-refractivity contribution >= 4 is 17.6 Å². The number of nitrogens with zero attached hydrogens (tertiary/aromatic N) is 3. The van der Waals surface area contributed by atoms with E-state index >= 15 is 0 Å². The molecule has 1 aliphatic heterocycles. The molecule has 9 heteroatoms. The van der Waals surface area contributed by atoms with Gasteiger partial charge in [-0.15, -0.1) is 0 Å². The first-order valence-electron chi connectivity index (χ1n) is 10.5. The molecule has 1 aliphatic rings. The topological polar surface area (TPSA) is 112 Å². The van der Waals surface area contributed by atoms with Gasteiger partial charge in [-0.2, -0.15) is 10.1 Å². The van der Waals surface area contributed by atoms with Crippen LogP contribution in [0, 0.1) is 0 Å². The third-order valence-electron chi connectivity index (χ3n) is 5.68. The number of benzene rings is 2. The Morgan fingerprint density at radius 2 is 1.76 bits per heavy atom. The molecular weight excluding hydrogens is 424 g/mol. The summed E-state index contributed by atoms with van der Waals surface area (Å²) in [5, 5.41) is 7.62. The fourth-order valence-electron chi connectivity index (χ4n) is 3.88. The van der Waals surface area contributed by atoms with Crippen LogP contribution in [0.4, 0.5) is 5.69 Å². The van der Waals surface area contributed by atoms with Gasteiger partial charge >= 0.3 is 11.9 Å². The Hall–Kier alpha value is -4.01. The van der Waals surface area contributed by atoms with Crippen LogP contribution in [0.1, 0.15) is 31.7 Å². The highest BCUT2D eigenvalue weighted by Crippen LogP contribution is 2.39. The Labute approximate surface area is 190 Å². The van der Waals surface area contributed by atoms with Crippen molar-refractivity contribution in [1.29, 1.82) is 0 Å². The molecule has 0 aliphatic carbocycles. The number of methoxy groups -OCH3 is 2. The predicted molar refractivity (Wildman–Crippen MR) is 121 cm³/mol. The number of rotatable bonds is 5. The van der Waals surface area contributed by atoms with E-state index in [2.05, 4.69) is 29.2 Å². The molecule has 1 aromatic heterocycles. The number of aromatic nitrogens is 3. The number of para-hydroxylation sites is 1. The smallest absolute Gasteiger partial charge is 0.355 e. The van der Waals surface area contributed by atoms with E-state index in [4.69, 9.17) is 9.47 Å². The molecule has 9 nitrogen and oxygen atoms in total. The number of esters is 2. The van der Waals surface area contributed by atoms with Gasteiger partial charge in [-0.25, -0.2) is 9.48 Å². The van der Waals surface area contributed by atoms with Crippen molar-refractivity contribution in [2.45, 2.75) is 31.8 Å². The first-order chi connectivity index (χ1) is 15.8. The number of ether oxygens (including phenoxy) is 2. The van der Waals surface area contributed by atoms with Gasteiger partial charge in [-0.3, -0.25) is 9.59 Å². The van der Waals surface area contributed by atoms with Crippen LogP contribution in [-0.4, -0.2) is 40.9 Å². The molecule has 2 aromatic carbocycles. The summed E-state index contributed by atoms with van der Waals surface area (Å²) in [6, 6.07) is 14.4. The zero-order valence-electron chi connectivity index (χ0n) is 18.8. The van der Waals surface area contributed by atoms with Crippen LogP contribution in [0.2, 0.25) is 0 Å². The second-order valence-corrected chi connectivity index (χ2v) is 8.05. The molecular formula is C24H24N4O5. The Morgan fingerprint density at radius 3 is 2.39 bits per heavy atom. The Morgan fingerprint density at radius 1 is 1.06 bits per heavy atom. The second-order valence-electron chi connectivity index (χ2n) is 8.05. The van der Waals surface area contributed by atoms with Crippen LogP contribution in [0.3, 0.4) is 0 Å². The van der Waals surface area contributed by atoms with E-state index < -0.39 is 29.6 Å². The minimum Gasteiger partial charge on any atom is -0.469 e. The lowest BCUT2D eigenvalue weighted by Crippen LogP contribution is -2.55. The molecule has 1 N–H and O–H groups in total. The molecule has 0 unspecified atom stereocenters. The van der Waals surface area contributed by atoms with Crippen molar-refractivity contribution in [3.8, 4) is 22.6 Å². The largest absolute Gasteiger partial charge is 0.469 e. The van der Waals surface area contributed by atoms with Gasteiger partial charge in [0.15, 0.2) is 11.5 Å². The Bertz CT molecular complexity index is 1280. The maximum absolute atomic E-state index is 13.1.